The molecule has 5 heteroatoms. The number of hydrogen-bond donors (Lipinski definition) is 3. The van der Waals surface area contributed by atoms with Crippen molar-refractivity contribution < 1.29 is 9.90 Å². The normalized spacial score (nSPS) is 14.8. The van der Waals surface area contributed by atoms with Crippen LogP contribution in [0.1, 0.15) is 20.8 Å². The first-order valence-electron chi connectivity index (χ1n) is 3.62. The van der Waals surface area contributed by atoms with Crippen molar-refractivity contribution in [2.75, 3.05) is 5.75 Å². The van der Waals surface area contributed by atoms with Crippen LogP contribution in [0, 0.1) is 0 Å². The van der Waals surface area contributed by atoms with Crippen LogP contribution in [0.15, 0.2) is 0 Å². The number of nitrogens with zero attached hydrogens (tertiary/aromatic N) is 1. The third-order valence-electron chi connectivity index (χ3n) is 1.44. The summed E-state index contributed by atoms with van der Waals surface area (Å²) in [6.07, 6.45) is 0. The van der Waals surface area contributed by atoms with Crippen molar-refractivity contribution in [2.45, 2.75) is 32.4 Å². The summed E-state index contributed by atoms with van der Waals surface area (Å²) in [5.41, 5.74) is -0.269. The van der Waals surface area contributed by atoms with E-state index in [0.717, 1.165) is 0 Å². The lowest BCUT2D eigenvalue weighted by atomic mass is 10.1. The van der Waals surface area contributed by atoms with E-state index >= 15 is 0 Å². The van der Waals surface area contributed by atoms with Gasteiger partial charge in [-0.1, -0.05) is 12.8 Å². The fourth-order valence-corrected chi connectivity index (χ4v) is 1.36. The average Bonchev–Trinajstić information content (AvgIpc) is 1.86. The van der Waals surface area contributed by atoms with Crippen molar-refractivity contribution in [1.82, 2.24) is 4.31 Å². The quantitative estimate of drug-likeness (QED) is 0.614. The van der Waals surface area contributed by atoms with E-state index in [1.54, 1.807) is 0 Å². The third kappa shape index (κ3) is 3.25. The molecule has 0 aliphatic carbocycles. The number of aliphatic carboxylic acids is 1. The molecule has 0 aliphatic rings. The second kappa shape index (κ2) is 4.39. The number of carboxylic acid groups (broad SMARTS) is 1. The van der Waals surface area contributed by atoms with Crippen LogP contribution < -0.4 is 0 Å². The molecule has 0 fully saturated rings. The molecular formula is C7H15NO2S2. The summed E-state index contributed by atoms with van der Waals surface area (Å²) >= 11 is 8.08. The van der Waals surface area contributed by atoms with Crippen molar-refractivity contribution >= 4 is 31.4 Å². The maximum absolute atomic E-state index is 10.7. The van der Waals surface area contributed by atoms with Gasteiger partial charge in [0.2, 0.25) is 0 Å². The highest BCUT2D eigenvalue weighted by molar-refractivity contribution is 7.80. The summed E-state index contributed by atoms with van der Waals surface area (Å²) in [6, 6.07) is -0.642. The lowest BCUT2D eigenvalue weighted by Gasteiger charge is -2.34. The van der Waals surface area contributed by atoms with Crippen molar-refractivity contribution in [3.8, 4) is 0 Å². The first kappa shape index (κ1) is 12.1. The highest BCUT2D eigenvalue weighted by atomic mass is 32.1. The predicted octanol–water partition coefficient (Wildman–Crippen LogP) is 1.31. The van der Waals surface area contributed by atoms with Crippen LogP contribution in [0.4, 0.5) is 0 Å². The Morgan fingerprint density at radius 2 is 2.00 bits per heavy atom. The van der Waals surface area contributed by atoms with Gasteiger partial charge in [-0.2, -0.15) is 12.6 Å². The Labute approximate surface area is 84.1 Å². The highest BCUT2D eigenvalue weighted by Crippen LogP contribution is 2.20. The van der Waals surface area contributed by atoms with Crippen molar-refractivity contribution in [2.24, 2.45) is 0 Å². The Kier molecular flexibility index (Phi) is 4.44. The first-order chi connectivity index (χ1) is 5.30. The number of carboxylic acids is 1. The fourth-order valence-electron chi connectivity index (χ4n) is 0.728. The number of thiol groups is 2. The van der Waals surface area contributed by atoms with E-state index < -0.39 is 12.0 Å². The molecule has 72 valence electrons. The molecule has 0 saturated carbocycles. The van der Waals surface area contributed by atoms with E-state index in [9.17, 15) is 4.79 Å². The number of carbonyl (C=O) groups is 1. The summed E-state index contributed by atoms with van der Waals surface area (Å²) in [5, 5.41) is 8.77. The third-order valence-corrected chi connectivity index (χ3v) is 2.67. The molecule has 0 aromatic rings. The smallest absolute Gasteiger partial charge is 0.322 e. The van der Waals surface area contributed by atoms with E-state index in [1.165, 1.54) is 4.31 Å². The molecule has 0 amide bonds. The van der Waals surface area contributed by atoms with Gasteiger partial charge >= 0.3 is 5.97 Å². The summed E-state index contributed by atoms with van der Waals surface area (Å²) in [5.74, 6) is -0.634. The van der Waals surface area contributed by atoms with E-state index in [-0.39, 0.29) is 11.3 Å². The molecule has 0 spiro atoms. The SMILES string of the molecule is CC(C)(C)N(S)[C@@H](CS)C(=O)O. The van der Waals surface area contributed by atoms with Gasteiger partial charge < -0.3 is 5.11 Å². The highest BCUT2D eigenvalue weighted by Gasteiger charge is 2.30. The molecule has 0 saturated heterocycles. The minimum atomic E-state index is -0.894. The maximum Gasteiger partial charge on any atom is 0.322 e. The zero-order chi connectivity index (χ0) is 9.94. The van der Waals surface area contributed by atoms with E-state index in [0.29, 0.717) is 0 Å². The van der Waals surface area contributed by atoms with Gasteiger partial charge in [0, 0.05) is 11.3 Å². The zero-order valence-electron chi connectivity index (χ0n) is 7.48. The molecular weight excluding hydrogens is 194 g/mol. The van der Waals surface area contributed by atoms with E-state index in [4.69, 9.17) is 5.11 Å². The summed E-state index contributed by atoms with van der Waals surface area (Å²) in [4.78, 5) is 10.7. The van der Waals surface area contributed by atoms with Gasteiger partial charge in [0.15, 0.2) is 0 Å². The van der Waals surface area contributed by atoms with E-state index in [2.05, 4.69) is 25.4 Å². The molecule has 12 heavy (non-hydrogen) atoms. The van der Waals surface area contributed by atoms with E-state index in [1.807, 2.05) is 20.8 Å². The van der Waals surface area contributed by atoms with Crippen LogP contribution in [-0.4, -0.2) is 32.7 Å². The molecule has 0 aromatic heterocycles. The average molecular weight is 209 g/mol. The number of hydrogen-bond acceptors (Lipinski definition) is 4. The van der Waals surface area contributed by atoms with Crippen molar-refractivity contribution in [1.29, 1.82) is 0 Å². The summed E-state index contributed by atoms with van der Waals surface area (Å²) in [6.45, 7) is 5.71. The lowest BCUT2D eigenvalue weighted by molar-refractivity contribution is -0.141. The molecule has 0 unspecified atom stereocenters. The van der Waals surface area contributed by atoms with Crippen LogP contribution in [0.5, 0.6) is 0 Å². The van der Waals surface area contributed by atoms with Crippen molar-refractivity contribution in [3.05, 3.63) is 0 Å². The lowest BCUT2D eigenvalue weighted by Crippen LogP contribution is -2.46. The summed E-state index contributed by atoms with van der Waals surface area (Å²) in [7, 11) is 0. The second-order valence-electron chi connectivity index (χ2n) is 3.55. The Balaban J connectivity index is 4.42. The Bertz CT molecular complexity index is 167. The predicted molar refractivity (Wildman–Crippen MR) is 55.9 cm³/mol. The van der Waals surface area contributed by atoms with Gasteiger partial charge in [-0.25, -0.2) is 4.31 Å². The molecule has 0 radical (unpaired) electrons. The van der Waals surface area contributed by atoms with Crippen molar-refractivity contribution in [3.63, 3.8) is 0 Å². The minimum absolute atomic E-state index is 0.260. The Morgan fingerprint density at radius 3 is 2.08 bits per heavy atom. The number of rotatable bonds is 3. The van der Waals surface area contributed by atoms with Gasteiger partial charge in [0.05, 0.1) is 0 Å². The van der Waals surface area contributed by atoms with Crippen LogP contribution in [0.2, 0.25) is 0 Å². The zero-order valence-corrected chi connectivity index (χ0v) is 9.27. The Morgan fingerprint density at radius 1 is 1.58 bits per heavy atom. The first-order valence-corrected chi connectivity index (χ1v) is 4.66. The standard InChI is InChI=1S/C7H15NO2S2/c1-7(2,3)8(12)5(4-11)6(9)10/h5,11-12H,4H2,1-3H3,(H,9,10)/t5-/m0/s1. The molecule has 0 rings (SSSR count). The minimum Gasteiger partial charge on any atom is -0.480 e. The van der Waals surface area contributed by atoms with Crippen LogP contribution in [0.25, 0.3) is 0 Å². The van der Waals surface area contributed by atoms with Gasteiger partial charge in [-0.05, 0) is 20.8 Å². The topological polar surface area (TPSA) is 40.5 Å². The fraction of sp³-hybridized carbons (Fsp3) is 0.857. The second-order valence-corrected chi connectivity index (χ2v) is 4.35. The molecule has 0 bridgehead atoms. The Hall–Kier alpha value is 0.130. The van der Waals surface area contributed by atoms with Gasteiger partial charge in [0.25, 0.3) is 0 Å². The van der Waals surface area contributed by atoms with Crippen LogP contribution in [0.3, 0.4) is 0 Å². The van der Waals surface area contributed by atoms with Gasteiger partial charge in [-0.15, -0.1) is 0 Å². The monoisotopic (exact) mass is 209 g/mol. The van der Waals surface area contributed by atoms with Gasteiger partial charge in [0.1, 0.15) is 6.04 Å². The molecule has 3 nitrogen and oxygen atoms in total. The molecule has 1 N–H and O–H groups in total. The summed E-state index contributed by atoms with van der Waals surface area (Å²) < 4.78 is 1.50. The largest absolute Gasteiger partial charge is 0.480 e. The van der Waals surface area contributed by atoms with Gasteiger partial charge in [-0.3, -0.25) is 4.79 Å². The molecule has 0 heterocycles. The van der Waals surface area contributed by atoms with Crippen LogP contribution in [-0.2, 0) is 4.79 Å². The van der Waals surface area contributed by atoms with Crippen LogP contribution >= 0.6 is 25.4 Å². The molecule has 1 atom stereocenters. The maximum atomic E-state index is 10.7. The molecule has 0 aromatic carbocycles. The molecule has 0 aliphatic heterocycles.